The van der Waals surface area contributed by atoms with Gasteiger partial charge in [-0.05, 0) is 12.1 Å². The number of carbonyl (C=O) groups is 2. The highest BCUT2D eigenvalue weighted by Crippen LogP contribution is 2.18. The number of amides is 2. The summed E-state index contributed by atoms with van der Waals surface area (Å²) in [5.74, 6) is -0.446. The van der Waals surface area contributed by atoms with E-state index in [1.54, 1.807) is 18.2 Å². The van der Waals surface area contributed by atoms with Crippen molar-refractivity contribution in [3.05, 3.63) is 35.9 Å². The average molecular weight is 318 g/mol. The highest BCUT2D eigenvalue weighted by molar-refractivity contribution is 7.99. The number of anilines is 3. The van der Waals surface area contributed by atoms with E-state index in [1.807, 2.05) is 0 Å². The van der Waals surface area contributed by atoms with Crippen LogP contribution >= 0.6 is 11.8 Å². The normalized spacial score (nSPS) is 10.2. The van der Waals surface area contributed by atoms with Gasteiger partial charge in [-0.15, -0.1) is 0 Å². The molecule has 22 heavy (non-hydrogen) atoms. The molecule has 2 rings (SSSR count). The lowest BCUT2D eigenvalue weighted by molar-refractivity contribution is -0.113. The second kappa shape index (κ2) is 6.76. The van der Waals surface area contributed by atoms with E-state index in [0.717, 1.165) is 11.8 Å². The van der Waals surface area contributed by atoms with Gasteiger partial charge in [-0.2, -0.15) is 0 Å². The molecule has 0 bridgehead atoms. The van der Waals surface area contributed by atoms with Gasteiger partial charge in [-0.3, -0.25) is 9.59 Å². The van der Waals surface area contributed by atoms with Crippen molar-refractivity contribution in [2.45, 2.75) is 5.16 Å². The molecule has 9 heteroatoms. The van der Waals surface area contributed by atoms with Crippen LogP contribution in [0.5, 0.6) is 0 Å². The molecule has 0 aliphatic rings. The van der Waals surface area contributed by atoms with Gasteiger partial charge in [0, 0.05) is 6.07 Å². The Morgan fingerprint density at radius 2 is 1.77 bits per heavy atom. The summed E-state index contributed by atoms with van der Waals surface area (Å²) in [5.41, 5.74) is 16.9. The monoisotopic (exact) mass is 318 g/mol. The molecule has 8 nitrogen and oxygen atoms in total. The quantitative estimate of drug-likeness (QED) is 0.462. The molecule has 0 spiro atoms. The van der Waals surface area contributed by atoms with Crippen LogP contribution in [0.1, 0.15) is 10.4 Å². The van der Waals surface area contributed by atoms with Crippen molar-refractivity contribution in [2.24, 2.45) is 5.73 Å². The molecule has 0 radical (unpaired) electrons. The van der Waals surface area contributed by atoms with E-state index in [1.165, 1.54) is 12.1 Å². The Kier molecular flexibility index (Phi) is 4.79. The third kappa shape index (κ3) is 4.09. The molecule has 0 aliphatic heterocycles. The number of nitrogens with one attached hydrogen (secondary N) is 1. The molecule has 0 aliphatic carbocycles. The van der Waals surface area contributed by atoms with Crippen LogP contribution in [-0.4, -0.2) is 27.5 Å². The molecule has 1 heterocycles. The van der Waals surface area contributed by atoms with Crippen LogP contribution in [0.25, 0.3) is 0 Å². The maximum absolute atomic E-state index is 11.9. The van der Waals surface area contributed by atoms with Gasteiger partial charge in [0.15, 0.2) is 5.16 Å². The van der Waals surface area contributed by atoms with Crippen molar-refractivity contribution >= 4 is 40.9 Å². The number of hydrogen-bond donors (Lipinski definition) is 4. The third-order valence-corrected chi connectivity index (χ3v) is 3.39. The molecular weight excluding hydrogens is 304 g/mol. The van der Waals surface area contributed by atoms with Gasteiger partial charge in [-0.1, -0.05) is 23.9 Å². The average Bonchev–Trinajstić information content (AvgIpc) is 2.44. The zero-order valence-corrected chi connectivity index (χ0v) is 12.3. The first-order valence-corrected chi connectivity index (χ1v) is 7.16. The number of carbonyl (C=O) groups excluding carboxylic acids is 2. The summed E-state index contributed by atoms with van der Waals surface area (Å²) in [6.07, 6.45) is 0. The molecule has 0 fully saturated rings. The summed E-state index contributed by atoms with van der Waals surface area (Å²) < 4.78 is 0. The van der Waals surface area contributed by atoms with E-state index in [-0.39, 0.29) is 28.9 Å². The van der Waals surface area contributed by atoms with Crippen molar-refractivity contribution in [3.63, 3.8) is 0 Å². The van der Waals surface area contributed by atoms with Crippen LogP contribution in [-0.2, 0) is 4.79 Å². The number of nitrogen functional groups attached to an aromatic ring is 2. The predicted octanol–water partition coefficient (Wildman–Crippen LogP) is 0.471. The van der Waals surface area contributed by atoms with Crippen LogP contribution in [0.2, 0.25) is 0 Å². The lowest BCUT2D eigenvalue weighted by atomic mass is 10.1. The van der Waals surface area contributed by atoms with Crippen LogP contribution in [0, 0.1) is 0 Å². The van der Waals surface area contributed by atoms with Gasteiger partial charge >= 0.3 is 0 Å². The number of nitrogens with zero attached hydrogens (tertiary/aromatic N) is 2. The smallest absolute Gasteiger partial charge is 0.250 e. The van der Waals surface area contributed by atoms with E-state index in [4.69, 9.17) is 17.2 Å². The van der Waals surface area contributed by atoms with Gasteiger partial charge in [0.2, 0.25) is 5.91 Å². The summed E-state index contributed by atoms with van der Waals surface area (Å²) >= 11 is 1.08. The fourth-order valence-corrected chi connectivity index (χ4v) is 2.32. The molecule has 0 saturated heterocycles. The first-order chi connectivity index (χ1) is 10.5. The standard InChI is InChI=1S/C13H14N6O2S/c14-9-5-10(15)19-13(18-9)22-6-11(20)17-8-4-2-1-3-7(8)12(16)21/h1-5H,6H2,(H2,16,21)(H,17,20)(H4,14,15,18,19). The Labute approximate surface area is 130 Å². The molecule has 0 saturated carbocycles. The second-order valence-corrected chi connectivity index (χ2v) is 5.19. The summed E-state index contributed by atoms with van der Waals surface area (Å²) in [6, 6.07) is 7.91. The van der Waals surface area contributed by atoms with Crippen LogP contribution in [0.15, 0.2) is 35.5 Å². The Bertz CT molecular complexity index is 701. The highest BCUT2D eigenvalue weighted by Gasteiger charge is 2.11. The third-order valence-electron chi connectivity index (χ3n) is 2.54. The number of primary amides is 1. The summed E-state index contributed by atoms with van der Waals surface area (Å²) in [6.45, 7) is 0. The Balaban J connectivity index is 2.00. The topological polar surface area (TPSA) is 150 Å². The molecule has 0 unspecified atom stereocenters. The number of nitrogens with two attached hydrogens (primary N) is 3. The highest BCUT2D eigenvalue weighted by atomic mass is 32.2. The van der Waals surface area contributed by atoms with Crippen molar-refractivity contribution in [3.8, 4) is 0 Å². The number of para-hydroxylation sites is 1. The molecule has 7 N–H and O–H groups in total. The largest absolute Gasteiger partial charge is 0.383 e. The fourth-order valence-electron chi connectivity index (χ4n) is 1.65. The Morgan fingerprint density at radius 3 is 2.41 bits per heavy atom. The first-order valence-electron chi connectivity index (χ1n) is 6.17. The van der Waals surface area contributed by atoms with Crippen molar-refractivity contribution in [2.75, 3.05) is 22.5 Å². The minimum absolute atomic E-state index is 0.0377. The van der Waals surface area contributed by atoms with E-state index in [0.29, 0.717) is 10.8 Å². The molecular formula is C13H14N6O2S. The first kappa shape index (κ1) is 15.6. The van der Waals surface area contributed by atoms with Gasteiger partial charge in [0.05, 0.1) is 17.0 Å². The zero-order chi connectivity index (χ0) is 16.1. The lowest BCUT2D eigenvalue weighted by Gasteiger charge is -2.08. The second-order valence-electron chi connectivity index (χ2n) is 4.25. The molecule has 1 aromatic carbocycles. The molecule has 114 valence electrons. The molecule has 1 aromatic heterocycles. The predicted molar refractivity (Wildman–Crippen MR) is 85.2 cm³/mol. The van der Waals surface area contributed by atoms with Crippen LogP contribution in [0.4, 0.5) is 17.3 Å². The minimum atomic E-state index is -0.615. The van der Waals surface area contributed by atoms with E-state index >= 15 is 0 Å². The fraction of sp³-hybridized carbons (Fsp3) is 0.0769. The van der Waals surface area contributed by atoms with Gasteiger partial charge in [-0.25, -0.2) is 9.97 Å². The van der Waals surface area contributed by atoms with Crippen LogP contribution < -0.4 is 22.5 Å². The lowest BCUT2D eigenvalue weighted by Crippen LogP contribution is -2.19. The Hall–Kier alpha value is -2.81. The van der Waals surface area contributed by atoms with Gasteiger partial charge in [0.25, 0.3) is 5.91 Å². The van der Waals surface area contributed by atoms with Crippen molar-refractivity contribution in [1.29, 1.82) is 0 Å². The number of thioether (sulfide) groups is 1. The minimum Gasteiger partial charge on any atom is -0.383 e. The SMILES string of the molecule is NC(=O)c1ccccc1NC(=O)CSc1nc(N)cc(N)n1. The number of benzene rings is 1. The zero-order valence-electron chi connectivity index (χ0n) is 11.4. The number of hydrogen-bond acceptors (Lipinski definition) is 7. The van der Waals surface area contributed by atoms with E-state index in [2.05, 4.69) is 15.3 Å². The molecule has 0 atom stereocenters. The van der Waals surface area contributed by atoms with E-state index in [9.17, 15) is 9.59 Å². The number of rotatable bonds is 5. The summed E-state index contributed by atoms with van der Waals surface area (Å²) in [7, 11) is 0. The van der Waals surface area contributed by atoms with E-state index < -0.39 is 5.91 Å². The molecule has 2 aromatic rings. The maximum atomic E-state index is 11.9. The summed E-state index contributed by atoms with van der Waals surface area (Å²) in [4.78, 5) is 31.1. The number of aromatic nitrogens is 2. The van der Waals surface area contributed by atoms with Crippen LogP contribution in [0.3, 0.4) is 0 Å². The van der Waals surface area contributed by atoms with Crippen molar-refractivity contribution in [1.82, 2.24) is 9.97 Å². The van der Waals surface area contributed by atoms with Gasteiger partial charge in [0.1, 0.15) is 11.6 Å². The summed E-state index contributed by atoms with van der Waals surface area (Å²) in [5, 5.41) is 2.91. The molecule has 2 amide bonds. The van der Waals surface area contributed by atoms with Gasteiger partial charge < -0.3 is 22.5 Å². The van der Waals surface area contributed by atoms with Crippen molar-refractivity contribution < 1.29 is 9.59 Å². The maximum Gasteiger partial charge on any atom is 0.250 e. The Morgan fingerprint density at radius 1 is 1.14 bits per heavy atom.